The minimum atomic E-state index is -3.75. The zero-order valence-corrected chi connectivity index (χ0v) is 23.2. The van der Waals surface area contributed by atoms with Crippen molar-refractivity contribution >= 4 is 70.6 Å². The number of sulfonamides is 1. The van der Waals surface area contributed by atoms with Gasteiger partial charge in [0.05, 0.1) is 16.4 Å². The van der Waals surface area contributed by atoms with E-state index in [1.54, 1.807) is 53.2 Å². The second-order valence-corrected chi connectivity index (χ2v) is 11.6. The first-order chi connectivity index (χ1) is 17.3. The van der Waals surface area contributed by atoms with E-state index < -0.39 is 10.0 Å². The summed E-state index contributed by atoms with van der Waals surface area (Å²) in [5, 5.41) is 8.40. The van der Waals surface area contributed by atoms with Gasteiger partial charge in [-0.05, 0) is 67.8 Å². The largest absolute Gasteiger partial charge is 0.366 e. The van der Waals surface area contributed by atoms with E-state index in [1.165, 1.54) is 0 Å². The molecule has 2 heterocycles. The fourth-order valence-corrected chi connectivity index (χ4v) is 6.31. The lowest BCUT2D eigenvalue weighted by Gasteiger charge is -2.13. The van der Waals surface area contributed by atoms with Gasteiger partial charge in [-0.2, -0.15) is 9.61 Å². The molecule has 0 atom stereocenters. The third kappa shape index (κ3) is 5.12. The van der Waals surface area contributed by atoms with E-state index in [9.17, 15) is 8.42 Å². The normalized spacial score (nSPS) is 11.5. The summed E-state index contributed by atoms with van der Waals surface area (Å²) < 4.78 is 31.3. The fourth-order valence-electron chi connectivity index (χ4n) is 3.68. The molecule has 5 rings (SSSR count). The molecule has 182 valence electrons. The summed E-state index contributed by atoms with van der Waals surface area (Å²) in [6.45, 7) is 0.420. The molecule has 2 aromatic heterocycles. The minimum Gasteiger partial charge on any atom is -0.366 e. The maximum absolute atomic E-state index is 12.9. The number of nitrogens with one attached hydrogen (secondary N) is 2. The number of fused-ring (bicyclic) bond motifs is 1. The maximum Gasteiger partial charge on any atom is 0.263 e. The molecule has 0 amide bonds. The van der Waals surface area contributed by atoms with Gasteiger partial charge in [-0.15, -0.1) is 0 Å². The summed E-state index contributed by atoms with van der Waals surface area (Å²) in [4.78, 5) is 4.89. The van der Waals surface area contributed by atoms with Gasteiger partial charge in [-0.3, -0.25) is 4.72 Å². The monoisotopic (exact) mass is 645 g/mol. The van der Waals surface area contributed by atoms with Gasteiger partial charge in [0.25, 0.3) is 10.0 Å². The molecule has 11 heteroatoms. The molecule has 0 unspecified atom stereocenters. The van der Waals surface area contributed by atoms with Crippen LogP contribution in [-0.2, 0) is 16.6 Å². The van der Waals surface area contributed by atoms with Crippen molar-refractivity contribution in [3.63, 3.8) is 0 Å². The summed E-state index contributed by atoms with van der Waals surface area (Å²) >= 11 is 13.2. The average Bonchev–Trinajstić information content (AvgIpc) is 3.23. The van der Waals surface area contributed by atoms with Crippen LogP contribution in [-0.4, -0.2) is 23.0 Å². The summed E-state index contributed by atoms with van der Waals surface area (Å²) in [5.41, 5.74) is 3.49. The summed E-state index contributed by atoms with van der Waals surface area (Å²) in [7, 11) is -3.75. The lowest BCUT2D eigenvalue weighted by Crippen LogP contribution is -2.14. The molecular formula is C25H18Br2ClN5O2S. The highest BCUT2D eigenvalue weighted by Gasteiger charge is 2.17. The molecule has 0 fully saturated rings. The number of hydrogen-bond donors (Lipinski definition) is 2. The zero-order valence-electron chi connectivity index (χ0n) is 18.5. The number of anilines is 2. The van der Waals surface area contributed by atoms with Crippen LogP contribution in [0.15, 0.2) is 98.9 Å². The molecule has 0 aliphatic heterocycles. The first-order valence-corrected chi connectivity index (χ1v) is 14.2. The Bertz CT molecular complexity index is 1690. The number of benzene rings is 3. The smallest absolute Gasteiger partial charge is 0.263 e. The van der Waals surface area contributed by atoms with E-state index in [0.717, 1.165) is 15.6 Å². The quantitative estimate of drug-likeness (QED) is 0.199. The molecule has 2 N–H and O–H groups in total. The van der Waals surface area contributed by atoms with Gasteiger partial charge in [-0.1, -0.05) is 54.1 Å². The van der Waals surface area contributed by atoms with Crippen molar-refractivity contribution in [3.8, 4) is 11.3 Å². The van der Waals surface area contributed by atoms with Gasteiger partial charge in [0.2, 0.25) is 0 Å². The second-order valence-electron chi connectivity index (χ2n) is 7.82. The van der Waals surface area contributed by atoms with E-state index in [2.05, 4.69) is 47.0 Å². The van der Waals surface area contributed by atoms with Crippen LogP contribution in [0.5, 0.6) is 0 Å². The van der Waals surface area contributed by atoms with Gasteiger partial charge in [0.1, 0.15) is 10.7 Å². The van der Waals surface area contributed by atoms with E-state index in [1.807, 2.05) is 36.4 Å². The van der Waals surface area contributed by atoms with Gasteiger partial charge in [0.15, 0.2) is 5.65 Å². The number of aromatic nitrogens is 3. The van der Waals surface area contributed by atoms with E-state index in [-0.39, 0.29) is 4.90 Å². The molecule has 7 nitrogen and oxygen atoms in total. The molecule has 0 aliphatic rings. The number of hydrogen-bond acceptors (Lipinski definition) is 5. The number of nitrogens with zero attached hydrogens (tertiary/aromatic N) is 3. The van der Waals surface area contributed by atoms with Gasteiger partial charge >= 0.3 is 0 Å². The predicted molar refractivity (Wildman–Crippen MR) is 150 cm³/mol. The number of halogens is 3. The van der Waals surface area contributed by atoms with Gasteiger partial charge in [0, 0.05) is 33.4 Å². The van der Waals surface area contributed by atoms with Crippen molar-refractivity contribution in [3.05, 3.63) is 105 Å². The molecule has 0 radical (unpaired) electrons. The van der Waals surface area contributed by atoms with Crippen LogP contribution in [0.2, 0.25) is 5.02 Å². The summed E-state index contributed by atoms with van der Waals surface area (Å²) in [5.74, 6) is 0.708. The van der Waals surface area contributed by atoms with Crippen LogP contribution >= 0.6 is 43.5 Å². The lowest BCUT2D eigenvalue weighted by atomic mass is 10.1. The third-order valence-corrected chi connectivity index (χ3v) is 8.64. The van der Waals surface area contributed by atoms with Crippen LogP contribution in [0.3, 0.4) is 0 Å². The highest BCUT2D eigenvalue weighted by Crippen LogP contribution is 2.30. The topological polar surface area (TPSA) is 88.4 Å². The highest BCUT2D eigenvalue weighted by molar-refractivity contribution is 9.11. The molecule has 0 saturated carbocycles. The Kier molecular flexibility index (Phi) is 7.03. The van der Waals surface area contributed by atoms with E-state index in [0.29, 0.717) is 38.9 Å². The van der Waals surface area contributed by atoms with Crippen LogP contribution in [0.1, 0.15) is 5.56 Å². The SMILES string of the molecule is O=S(=O)(Nc1cccc(CNc2cc(-c3ccccc3Cl)nc3c(Br)cnn23)c1)c1ccccc1Br. The average molecular weight is 648 g/mol. The number of rotatable bonds is 7. The molecule has 3 aromatic carbocycles. The lowest BCUT2D eigenvalue weighted by molar-refractivity contribution is 0.601. The molecule has 0 bridgehead atoms. The zero-order chi connectivity index (χ0) is 25.3. The molecule has 0 saturated heterocycles. The summed E-state index contributed by atoms with van der Waals surface area (Å²) in [6.07, 6.45) is 1.68. The van der Waals surface area contributed by atoms with E-state index >= 15 is 0 Å². The minimum absolute atomic E-state index is 0.170. The standard InChI is InChI=1S/C25H18Br2ClN5O2S/c26-19-9-2-4-11-23(19)36(34,35)32-17-7-5-6-16(12-17)14-29-24-13-22(18-8-1-3-10-21(18)28)31-25-20(27)15-30-33(24)25/h1-13,15,29,32H,14H2. The van der Waals surface area contributed by atoms with Crippen LogP contribution < -0.4 is 10.0 Å². The Morgan fingerprint density at radius 3 is 2.50 bits per heavy atom. The molecule has 0 spiro atoms. The van der Waals surface area contributed by atoms with Crippen molar-refractivity contribution in [1.82, 2.24) is 14.6 Å². The Labute approximate surface area is 229 Å². The molecule has 5 aromatic rings. The first-order valence-electron chi connectivity index (χ1n) is 10.7. The van der Waals surface area contributed by atoms with E-state index in [4.69, 9.17) is 16.6 Å². The Morgan fingerprint density at radius 2 is 1.69 bits per heavy atom. The van der Waals surface area contributed by atoms with Crippen molar-refractivity contribution in [1.29, 1.82) is 0 Å². The third-order valence-electron chi connectivity index (χ3n) is 5.36. The predicted octanol–water partition coefficient (Wildman–Crippen LogP) is 6.99. The first kappa shape index (κ1) is 24.8. The molecule has 0 aliphatic carbocycles. The Hall–Kier alpha value is -2.92. The Balaban J connectivity index is 1.42. The van der Waals surface area contributed by atoms with Crippen molar-refractivity contribution < 1.29 is 8.42 Å². The van der Waals surface area contributed by atoms with Crippen LogP contribution in [0.4, 0.5) is 11.5 Å². The molecule has 36 heavy (non-hydrogen) atoms. The second kappa shape index (κ2) is 10.2. The van der Waals surface area contributed by atoms with Crippen molar-refractivity contribution in [2.45, 2.75) is 11.4 Å². The van der Waals surface area contributed by atoms with Crippen molar-refractivity contribution in [2.75, 3.05) is 10.0 Å². The summed E-state index contributed by atoms with van der Waals surface area (Å²) in [6, 6.07) is 23.3. The van der Waals surface area contributed by atoms with Gasteiger partial charge < -0.3 is 5.32 Å². The van der Waals surface area contributed by atoms with Crippen LogP contribution in [0.25, 0.3) is 16.9 Å². The van der Waals surface area contributed by atoms with Gasteiger partial charge in [-0.25, -0.2) is 13.4 Å². The maximum atomic E-state index is 12.9. The van der Waals surface area contributed by atoms with Crippen molar-refractivity contribution in [2.24, 2.45) is 0 Å². The van der Waals surface area contributed by atoms with Crippen LogP contribution in [0, 0.1) is 0 Å². The molecular weight excluding hydrogens is 630 g/mol. The fraction of sp³-hybridized carbons (Fsp3) is 0.0400. The Morgan fingerprint density at radius 1 is 0.917 bits per heavy atom. The highest BCUT2D eigenvalue weighted by atomic mass is 79.9.